The molecule has 0 saturated heterocycles. The second-order valence-corrected chi connectivity index (χ2v) is 4.59. The third kappa shape index (κ3) is 3.58. The molecule has 0 saturated carbocycles. The summed E-state index contributed by atoms with van der Waals surface area (Å²) in [6.07, 6.45) is -0.0817. The highest BCUT2D eigenvalue weighted by Crippen LogP contribution is 2.18. The summed E-state index contributed by atoms with van der Waals surface area (Å²) in [5.74, 6) is -0.734. The lowest BCUT2D eigenvalue weighted by Crippen LogP contribution is -2.41. The smallest absolute Gasteiger partial charge is 0.167 e. The molecule has 0 aliphatic rings. The van der Waals surface area contributed by atoms with Gasteiger partial charge in [0, 0.05) is 18.3 Å². The van der Waals surface area contributed by atoms with Gasteiger partial charge in [-0.25, -0.2) is 0 Å². The lowest BCUT2D eigenvalue weighted by atomic mass is 9.86. The van der Waals surface area contributed by atoms with Crippen molar-refractivity contribution >= 4 is 11.6 Å². The molecule has 3 nitrogen and oxygen atoms in total. The molecule has 1 atom stereocenters. The van der Waals surface area contributed by atoms with Crippen LogP contribution in [0, 0.1) is 11.8 Å². The summed E-state index contributed by atoms with van der Waals surface area (Å²) >= 11 is 0. The van der Waals surface area contributed by atoms with Gasteiger partial charge in [0.25, 0.3) is 0 Å². The van der Waals surface area contributed by atoms with Gasteiger partial charge < -0.3 is 5.11 Å². The molecule has 0 aromatic heterocycles. The maximum Gasteiger partial charge on any atom is 0.167 e. The van der Waals surface area contributed by atoms with Gasteiger partial charge in [-0.2, -0.15) is 0 Å². The Bertz CT molecular complexity index is 227. The van der Waals surface area contributed by atoms with Crippen molar-refractivity contribution in [1.82, 2.24) is 0 Å². The third-order valence-corrected chi connectivity index (χ3v) is 2.22. The molecule has 0 aromatic rings. The largest absolute Gasteiger partial charge is 0.382 e. The lowest BCUT2D eigenvalue weighted by molar-refractivity contribution is -0.144. The summed E-state index contributed by atoms with van der Waals surface area (Å²) in [5, 5.41) is 9.80. The molecule has 3 heteroatoms. The molecule has 14 heavy (non-hydrogen) atoms. The highest BCUT2D eigenvalue weighted by Gasteiger charge is 2.34. The van der Waals surface area contributed by atoms with Gasteiger partial charge >= 0.3 is 0 Å². The van der Waals surface area contributed by atoms with Crippen LogP contribution < -0.4 is 0 Å². The third-order valence-electron chi connectivity index (χ3n) is 2.22. The van der Waals surface area contributed by atoms with Gasteiger partial charge in [0.05, 0.1) is 0 Å². The Hall–Kier alpha value is -0.700. The van der Waals surface area contributed by atoms with Crippen molar-refractivity contribution in [2.45, 2.75) is 46.6 Å². The highest BCUT2D eigenvalue weighted by molar-refractivity contribution is 5.94. The average molecular weight is 200 g/mol. The van der Waals surface area contributed by atoms with Crippen LogP contribution in [-0.2, 0) is 9.59 Å². The first-order valence-electron chi connectivity index (χ1n) is 4.98. The summed E-state index contributed by atoms with van der Waals surface area (Å²) < 4.78 is 0. The molecule has 0 rings (SSSR count). The standard InChI is InChI=1S/C11H20O3/c1-7(2)9(12)6-11(5,14)10(13)8(3)4/h7-8,14H,6H2,1-5H3/t11-/m0/s1. The van der Waals surface area contributed by atoms with Crippen LogP contribution in [0.5, 0.6) is 0 Å². The van der Waals surface area contributed by atoms with E-state index in [1.165, 1.54) is 6.92 Å². The van der Waals surface area contributed by atoms with E-state index in [1.54, 1.807) is 27.7 Å². The van der Waals surface area contributed by atoms with Gasteiger partial charge in [-0.1, -0.05) is 27.7 Å². The molecule has 0 amide bonds. The average Bonchev–Trinajstić information content (AvgIpc) is 2.01. The highest BCUT2D eigenvalue weighted by atomic mass is 16.3. The van der Waals surface area contributed by atoms with E-state index in [-0.39, 0.29) is 29.8 Å². The topological polar surface area (TPSA) is 54.4 Å². The Morgan fingerprint density at radius 3 is 1.86 bits per heavy atom. The van der Waals surface area contributed by atoms with Gasteiger partial charge in [0.15, 0.2) is 5.78 Å². The number of ketones is 2. The van der Waals surface area contributed by atoms with Gasteiger partial charge in [0.2, 0.25) is 0 Å². The molecule has 0 aromatic carbocycles. The molecule has 0 heterocycles. The molecular weight excluding hydrogens is 180 g/mol. The predicted molar refractivity (Wildman–Crippen MR) is 54.9 cm³/mol. The maximum atomic E-state index is 11.5. The van der Waals surface area contributed by atoms with Crippen molar-refractivity contribution in [3.05, 3.63) is 0 Å². The Kier molecular flexibility index (Phi) is 4.46. The van der Waals surface area contributed by atoms with E-state index in [1.807, 2.05) is 0 Å². The van der Waals surface area contributed by atoms with Crippen molar-refractivity contribution in [1.29, 1.82) is 0 Å². The van der Waals surface area contributed by atoms with Crippen LogP contribution in [0.3, 0.4) is 0 Å². The molecule has 0 aliphatic heterocycles. The second-order valence-electron chi connectivity index (χ2n) is 4.59. The van der Waals surface area contributed by atoms with Gasteiger partial charge in [-0.3, -0.25) is 9.59 Å². The molecule has 1 N–H and O–H groups in total. The van der Waals surface area contributed by atoms with Crippen LogP contribution in [-0.4, -0.2) is 22.3 Å². The number of carbonyl (C=O) groups is 2. The summed E-state index contributed by atoms with van der Waals surface area (Å²) in [5.41, 5.74) is -1.50. The Labute approximate surface area is 85.5 Å². The van der Waals surface area contributed by atoms with Crippen molar-refractivity contribution in [2.75, 3.05) is 0 Å². The molecule has 0 bridgehead atoms. The zero-order valence-corrected chi connectivity index (χ0v) is 9.63. The fourth-order valence-electron chi connectivity index (χ4n) is 1.25. The Morgan fingerprint density at radius 2 is 1.57 bits per heavy atom. The minimum absolute atomic E-state index is 0.0796. The summed E-state index contributed by atoms with van der Waals surface area (Å²) in [7, 11) is 0. The van der Waals surface area contributed by atoms with E-state index < -0.39 is 5.60 Å². The first-order chi connectivity index (χ1) is 6.18. The number of aliphatic hydroxyl groups is 1. The number of hydrogen-bond acceptors (Lipinski definition) is 3. The zero-order chi connectivity index (χ0) is 11.5. The van der Waals surface area contributed by atoms with Crippen molar-refractivity contribution in [3.8, 4) is 0 Å². The first-order valence-corrected chi connectivity index (χ1v) is 4.98. The molecule has 0 fully saturated rings. The van der Waals surface area contributed by atoms with E-state index in [9.17, 15) is 14.7 Å². The lowest BCUT2D eigenvalue weighted by Gasteiger charge is -2.23. The van der Waals surface area contributed by atoms with E-state index in [4.69, 9.17) is 0 Å². The molecule has 82 valence electrons. The summed E-state index contributed by atoms with van der Waals surface area (Å²) in [6, 6.07) is 0. The molecule has 0 aliphatic carbocycles. The molecule has 0 radical (unpaired) electrons. The van der Waals surface area contributed by atoms with E-state index in [2.05, 4.69) is 0 Å². The van der Waals surface area contributed by atoms with E-state index in [0.717, 1.165) is 0 Å². The van der Waals surface area contributed by atoms with Crippen LogP contribution in [0.25, 0.3) is 0 Å². The van der Waals surface area contributed by atoms with Crippen LogP contribution in [0.2, 0.25) is 0 Å². The normalized spacial score (nSPS) is 15.7. The number of carbonyl (C=O) groups excluding carboxylic acids is 2. The fraction of sp³-hybridized carbons (Fsp3) is 0.818. The van der Waals surface area contributed by atoms with Gasteiger partial charge in [0.1, 0.15) is 11.4 Å². The predicted octanol–water partition coefficient (Wildman–Crippen LogP) is 1.58. The molecule has 0 unspecified atom stereocenters. The van der Waals surface area contributed by atoms with Gasteiger partial charge in [-0.15, -0.1) is 0 Å². The molecular formula is C11H20O3. The second kappa shape index (κ2) is 4.69. The van der Waals surface area contributed by atoms with Crippen molar-refractivity contribution < 1.29 is 14.7 Å². The SMILES string of the molecule is CC(C)C(=O)C[C@](C)(O)C(=O)C(C)C. The van der Waals surface area contributed by atoms with Crippen molar-refractivity contribution in [2.24, 2.45) is 11.8 Å². The number of Topliss-reactive ketones (excluding diaryl/α,β-unsaturated/α-hetero) is 2. The van der Waals surface area contributed by atoms with E-state index in [0.29, 0.717) is 0 Å². The van der Waals surface area contributed by atoms with Crippen LogP contribution in [0.1, 0.15) is 41.0 Å². The number of hydrogen-bond donors (Lipinski definition) is 1. The minimum atomic E-state index is -1.50. The van der Waals surface area contributed by atoms with Gasteiger partial charge in [-0.05, 0) is 6.92 Å². The monoisotopic (exact) mass is 200 g/mol. The summed E-state index contributed by atoms with van der Waals surface area (Å²) in [6.45, 7) is 8.37. The number of rotatable bonds is 5. The first kappa shape index (κ1) is 13.3. The summed E-state index contributed by atoms with van der Waals surface area (Å²) in [4.78, 5) is 22.9. The minimum Gasteiger partial charge on any atom is -0.382 e. The zero-order valence-electron chi connectivity index (χ0n) is 9.63. The maximum absolute atomic E-state index is 11.5. The van der Waals surface area contributed by atoms with Crippen molar-refractivity contribution in [3.63, 3.8) is 0 Å². The van der Waals surface area contributed by atoms with Crippen LogP contribution >= 0.6 is 0 Å². The van der Waals surface area contributed by atoms with Crippen LogP contribution in [0.15, 0.2) is 0 Å². The fourth-order valence-corrected chi connectivity index (χ4v) is 1.25. The Balaban J connectivity index is 4.49. The molecule has 0 spiro atoms. The van der Waals surface area contributed by atoms with E-state index >= 15 is 0 Å². The Morgan fingerprint density at radius 1 is 1.14 bits per heavy atom. The van der Waals surface area contributed by atoms with Crippen LogP contribution in [0.4, 0.5) is 0 Å². The quantitative estimate of drug-likeness (QED) is 0.733.